The van der Waals surface area contributed by atoms with Gasteiger partial charge in [-0.05, 0) is 30.9 Å². The van der Waals surface area contributed by atoms with Crippen LogP contribution in [0.15, 0.2) is 24.3 Å². The molecule has 2 rings (SSSR count). The van der Waals surface area contributed by atoms with Crippen LogP contribution in [0.4, 0.5) is 10.5 Å². The van der Waals surface area contributed by atoms with Crippen LogP contribution in [0.1, 0.15) is 19.8 Å². The summed E-state index contributed by atoms with van der Waals surface area (Å²) in [5, 5.41) is 18.9. The highest BCUT2D eigenvalue weighted by Gasteiger charge is 2.38. The first-order chi connectivity index (χ1) is 9.91. The maximum atomic E-state index is 12.6. The molecule has 2 atom stereocenters. The van der Waals surface area contributed by atoms with Crippen LogP contribution in [0, 0.1) is 5.92 Å². The van der Waals surface area contributed by atoms with Crippen molar-refractivity contribution in [3.05, 3.63) is 24.3 Å². The molecule has 0 saturated carbocycles. The average Bonchev–Trinajstić information content (AvgIpc) is 2.45. The van der Waals surface area contributed by atoms with E-state index in [-0.39, 0.29) is 17.7 Å². The van der Waals surface area contributed by atoms with Crippen LogP contribution in [-0.2, 0) is 4.79 Å². The Morgan fingerprint density at radius 3 is 2.71 bits per heavy atom. The molecule has 2 amide bonds. The molecule has 6 heteroatoms. The van der Waals surface area contributed by atoms with Crippen LogP contribution < -0.4 is 4.90 Å². The number of carbonyl (C=O) groups is 2. The Morgan fingerprint density at radius 2 is 2.10 bits per heavy atom. The zero-order valence-corrected chi connectivity index (χ0v) is 12.2. The molecule has 1 heterocycles. The fourth-order valence-electron chi connectivity index (χ4n) is 2.78. The molecule has 1 aromatic rings. The number of piperidine rings is 1. The molecule has 6 nitrogen and oxygen atoms in total. The summed E-state index contributed by atoms with van der Waals surface area (Å²) in [7, 11) is 1.58. The van der Waals surface area contributed by atoms with E-state index in [1.165, 1.54) is 21.9 Å². The summed E-state index contributed by atoms with van der Waals surface area (Å²) >= 11 is 0. The molecule has 1 saturated heterocycles. The predicted octanol–water partition coefficient (Wildman–Crippen LogP) is 2.13. The average molecular weight is 292 g/mol. The van der Waals surface area contributed by atoms with Crippen molar-refractivity contribution in [2.45, 2.75) is 25.8 Å². The van der Waals surface area contributed by atoms with Gasteiger partial charge in [0.2, 0.25) is 0 Å². The van der Waals surface area contributed by atoms with E-state index in [0.717, 1.165) is 12.8 Å². The molecule has 1 aromatic carbocycles. The van der Waals surface area contributed by atoms with Crippen molar-refractivity contribution in [3.63, 3.8) is 0 Å². The summed E-state index contributed by atoms with van der Waals surface area (Å²) in [6.07, 6.45) is 1.60. The number of carboxylic acid groups (broad SMARTS) is 1. The van der Waals surface area contributed by atoms with Crippen molar-refractivity contribution < 1.29 is 19.8 Å². The first-order valence-corrected chi connectivity index (χ1v) is 6.98. The molecule has 21 heavy (non-hydrogen) atoms. The second kappa shape index (κ2) is 6.03. The molecular weight excluding hydrogens is 272 g/mol. The maximum Gasteiger partial charge on any atom is 0.326 e. The molecule has 114 valence electrons. The number of aromatic hydroxyl groups is 1. The molecule has 0 spiro atoms. The number of urea groups is 1. The minimum atomic E-state index is -0.972. The fraction of sp³-hybridized carbons (Fsp3) is 0.467. The SMILES string of the molecule is CC1CCCN(C(=O)N(C)c2cccc(O)c2)C1C(=O)O. The number of phenols is 1. The number of likely N-dealkylation sites (tertiary alicyclic amines) is 1. The molecule has 1 aliphatic rings. The maximum absolute atomic E-state index is 12.6. The lowest BCUT2D eigenvalue weighted by Gasteiger charge is -2.39. The van der Waals surface area contributed by atoms with Crippen molar-refractivity contribution >= 4 is 17.7 Å². The lowest BCUT2D eigenvalue weighted by molar-refractivity contribution is -0.145. The molecule has 1 aliphatic heterocycles. The monoisotopic (exact) mass is 292 g/mol. The third-order valence-corrected chi connectivity index (χ3v) is 3.94. The van der Waals surface area contributed by atoms with E-state index in [4.69, 9.17) is 0 Å². The van der Waals surface area contributed by atoms with Crippen LogP contribution in [0.25, 0.3) is 0 Å². The number of carboxylic acids is 1. The molecule has 2 N–H and O–H groups in total. The molecule has 2 unspecified atom stereocenters. The Balaban J connectivity index is 2.23. The first kappa shape index (κ1) is 15.2. The fourth-order valence-corrected chi connectivity index (χ4v) is 2.78. The van der Waals surface area contributed by atoms with Crippen molar-refractivity contribution in [1.29, 1.82) is 0 Å². The van der Waals surface area contributed by atoms with E-state index >= 15 is 0 Å². The summed E-state index contributed by atoms with van der Waals surface area (Å²) < 4.78 is 0. The zero-order chi connectivity index (χ0) is 15.6. The highest BCUT2D eigenvalue weighted by molar-refractivity contribution is 5.94. The molecule has 1 fully saturated rings. The molecule has 0 aromatic heterocycles. The van der Waals surface area contributed by atoms with E-state index in [9.17, 15) is 19.8 Å². The van der Waals surface area contributed by atoms with Crippen LogP contribution in [0.3, 0.4) is 0 Å². The van der Waals surface area contributed by atoms with E-state index in [1.54, 1.807) is 19.2 Å². The van der Waals surface area contributed by atoms with Gasteiger partial charge in [0.05, 0.1) is 0 Å². The minimum absolute atomic E-state index is 0.0638. The van der Waals surface area contributed by atoms with Gasteiger partial charge < -0.3 is 15.1 Å². The predicted molar refractivity (Wildman–Crippen MR) is 78.4 cm³/mol. The highest BCUT2D eigenvalue weighted by Crippen LogP contribution is 2.26. The standard InChI is InChI=1S/C15H20N2O4/c1-10-5-4-8-17(13(10)14(19)20)15(21)16(2)11-6-3-7-12(18)9-11/h3,6-7,9-10,13,18H,4-5,8H2,1-2H3,(H,19,20). The van der Waals surface area contributed by atoms with Crippen molar-refractivity contribution in [1.82, 2.24) is 4.90 Å². The molecule has 0 aliphatic carbocycles. The lowest BCUT2D eigenvalue weighted by Crippen LogP contribution is -2.55. The Kier molecular flexibility index (Phi) is 4.35. The quantitative estimate of drug-likeness (QED) is 0.875. The normalized spacial score (nSPS) is 21.9. The van der Waals surface area contributed by atoms with E-state index in [2.05, 4.69) is 0 Å². The minimum Gasteiger partial charge on any atom is -0.508 e. The van der Waals surface area contributed by atoms with Crippen LogP contribution in [0.2, 0.25) is 0 Å². The number of hydrogen-bond acceptors (Lipinski definition) is 3. The number of hydrogen-bond donors (Lipinski definition) is 2. The number of amides is 2. The number of carbonyl (C=O) groups excluding carboxylic acids is 1. The van der Waals surface area contributed by atoms with Gasteiger partial charge in [0.15, 0.2) is 0 Å². The van der Waals surface area contributed by atoms with Gasteiger partial charge in [0, 0.05) is 25.3 Å². The van der Waals surface area contributed by atoms with Gasteiger partial charge in [-0.25, -0.2) is 9.59 Å². The number of benzene rings is 1. The summed E-state index contributed by atoms with van der Waals surface area (Å²) in [6.45, 7) is 2.29. The molecular formula is C15H20N2O4. The van der Waals surface area contributed by atoms with Crippen molar-refractivity contribution in [2.24, 2.45) is 5.92 Å². The number of nitrogens with zero attached hydrogens (tertiary/aromatic N) is 2. The van der Waals surface area contributed by atoms with Gasteiger partial charge in [0.25, 0.3) is 0 Å². The summed E-state index contributed by atoms with van der Waals surface area (Å²) in [6, 6.07) is 5.17. The Labute approximate surface area is 123 Å². The Morgan fingerprint density at radius 1 is 1.38 bits per heavy atom. The van der Waals surface area contributed by atoms with Gasteiger partial charge in [-0.1, -0.05) is 13.0 Å². The third-order valence-electron chi connectivity index (χ3n) is 3.94. The molecule has 0 radical (unpaired) electrons. The summed E-state index contributed by atoms with van der Waals surface area (Å²) in [4.78, 5) is 26.8. The number of anilines is 1. The van der Waals surface area contributed by atoms with E-state index < -0.39 is 12.0 Å². The third kappa shape index (κ3) is 3.09. The van der Waals surface area contributed by atoms with Gasteiger partial charge in [0.1, 0.15) is 11.8 Å². The highest BCUT2D eigenvalue weighted by atomic mass is 16.4. The first-order valence-electron chi connectivity index (χ1n) is 6.98. The summed E-state index contributed by atoms with van der Waals surface area (Å²) in [5.74, 6) is -0.980. The number of rotatable bonds is 2. The van der Waals surface area contributed by atoms with Gasteiger partial charge in [-0.2, -0.15) is 0 Å². The number of aliphatic carboxylic acids is 1. The molecule has 0 bridgehead atoms. The Hall–Kier alpha value is -2.24. The van der Waals surface area contributed by atoms with Crippen LogP contribution in [0.5, 0.6) is 5.75 Å². The van der Waals surface area contributed by atoms with E-state index in [1.807, 2.05) is 6.92 Å². The van der Waals surface area contributed by atoms with Crippen LogP contribution in [-0.4, -0.2) is 46.7 Å². The summed E-state index contributed by atoms with van der Waals surface area (Å²) in [5.41, 5.74) is 0.530. The van der Waals surface area contributed by atoms with Gasteiger partial charge in [-0.15, -0.1) is 0 Å². The second-order valence-corrected chi connectivity index (χ2v) is 5.46. The number of phenolic OH excluding ortho intramolecular Hbond substituents is 1. The Bertz CT molecular complexity index is 546. The van der Waals surface area contributed by atoms with Gasteiger partial charge >= 0.3 is 12.0 Å². The second-order valence-electron chi connectivity index (χ2n) is 5.46. The smallest absolute Gasteiger partial charge is 0.326 e. The van der Waals surface area contributed by atoms with Crippen molar-refractivity contribution in [3.8, 4) is 5.75 Å². The largest absolute Gasteiger partial charge is 0.508 e. The van der Waals surface area contributed by atoms with E-state index in [0.29, 0.717) is 12.2 Å². The van der Waals surface area contributed by atoms with Crippen molar-refractivity contribution in [2.75, 3.05) is 18.5 Å². The zero-order valence-electron chi connectivity index (χ0n) is 12.2. The van der Waals surface area contributed by atoms with Gasteiger partial charge in [-0.3, -0.25) is 4.90 Å². The lowest BCUT2D eigenvalue weighted by atomic mass is 9.91. The topological polar surface area (TPSA) is 81.1 Å². The van der Waals surface area contributed by atoms with Crippen LogP contribution >= 0.6 is 0 Å².